The zero-order chi connectivity index (χ0) is 10.2. The highest BCUT2D eigenvalue weighted by atomic mass is 32.2. The van der Waals surface area contributed by atoms with Gasteiger partial charge in [-0.1, -0.05) is 11.8 Å². The summed E-state index contributed by atoms with van der Waals surface area (Å²) >= 11 is 1.66. The van der Waals surface area contributed by atoms with Crippen molar-refractivity contribution >= 4 is 11.8 Å². The fourth-order valence-corrected chi connectivity index (χ4v) is 1.69. The Labute approximate surface area is 87.9 Å². The summed E-state index contributed by atoms with van der Waals surface area (Å²) in [5.74, 6) is 0.871. The van der Waals surface area contributed by atoms with Crippen LogP contribution in [-0.4, -0.2) is 28.5 Å². The SMILES string of the molecule is Cn1ccnc1SCCOCCC#N. The summed E-state index contributed by atoms with van der Waals surface area (Å²) in [5.41, 5.74) is 0. The highest BCUT2D eigenvalue weighted by molar-refractivity contribution is 7.99. The molecule has 0 bridgehead atoms. The van der Waals surface area contributed by atoms with Crippen LogP contribution in [0.2, 0.25) is 0 Å². The first-order chi connectivity index (χ1) is 6.84. The molecule has 0 atom stereocenters. The van der Waals surface area contributed by atoms with Crippen LogP contribution < -0.4 is 0 Å². The summed E-state index contributed by atoms with van der Waals surface area (Å²) < 4.78 is 7.20. The molecule has 0 saturated carbocycles. The van der Waals surface area contributed by atoms with E-state index in [9.17, 15) is 0 Å². The number of thioether (sulfide) groups is 1. The van der Waals surface area contributed by atoms with Gasteiger partial charge >= 0.3 is 0 Å². The number of aryl methyl sites for hydroxylation is 1. The number of aromatic nitrogens is 2. The Bertz CT molecular complexity index is 305. The van der Waals surface area contributed by atoms with Crippen molar-refractivity contribution in [2.75, 3.05) is 19.0 Å². The van der Waals surface area contributed by atoms with Gasteiger partial charge in [0.1, 0.15) is 0 Å². The molecule has 0 radical (unpaired) electrons. The number of hydrogen-bond donors (Lipinski definition) is 0. The number of imidazole rings is 1. The summed E-state index contributed by atoms with van der Waals surface area (Å²) in [5, 5.41) is 9.26. The molecule has 1 rings (SSSR count). The molecule has 0 amide bonds. The smallest absolute Gasteiger partial charge is 0.167 e. The van der Waals surface area contributed by atoms with Gasteiger partial charge in [-0.25, -0.2) is 4.98 Å². The Balaban J connectivity index is 2.05. The molecule has 0 N–H and O–H groups in total. The first-order valence-corrected chi connectivity index (χ1v) is 5.38. The van der Waals surface area contributed by atoms with Crippen LogP contribution >= 0.6 is 11.8 Å². The number of nitrogens with zero attached hydrogens (tertiary/aromatic N) is 3. The van der Waals surface area contributed by atoms with Crippen molar-refractivity contribution in [1.29, 1.82) is 5.26 Å². The van der Waals surface area contributed by atoms with Gasteiger partial charge in [-0.2, -0.15) is 5.26 Å². The van der Waals surface area contributed by atoms with E-state index in [-0.39, 0.29) is 0 Å². The van der Waals surface area contributed by atoms with E-state index in [0.717, 1.165) is 10.9 Å². The second kappa shape index (κ2) is 6.46. The molecule has 1 heterocycles. The Hall–Kier alpha value is -0.990. The fraction of sp³-hybridized carbons (Fsp3) is 0.556. The van der Waals surface area contributed by atoms with Crippen molar-refractivity contribution in [1.82, 2.24) is 9.55 Å². The minimum Gasteiger partial charge on any atom is -0.380 e. The van der Waals surface area contributed by atoms with Crippen molar-refractivity contribution in [2.45, 2.75) is 11.6 Å². The predicted molar refractivity (Wildman–Crippen MR) is 55.0 cm³/mol. The average molecular weight is 211 g/mol. The Morgan fingerprint density at radius 3 is 3.14 bits per heavy atom. The highest BCUT2D eigenvalue weighted by Crippen LogP contribution is 2.13. The van der Waals surface area contributed by atoms with E-state index in [2.05, 4.69) is 4.98 Å². The Kier molecular flexibility index (Phi) is 5.12. The molecule has 0 aliphatic heterocycles. The number of rotatable bonds is 6. The largest absolute Gasteiger partial charge is 0.380 e. The van der Waals surface area contributed by atoms with Crippen LogP contribution in [0.3, 0.4) is 0 Å². The van der Waals surface area contributed by atoms with E-state index in [4.69, 9.17) is 10.00 Å². The minimum atomic E-state index is 0.465. The molecule has 0 aliphatic rings. The van der Waals surface area contributed by atoms with Crippen molar-refractivity contribution in [3.8, 4) is 6.07 Å². The first-order valence-electron chi connectivity index (χ1n) is 4.39. The van der Waals surface area contributed by atoms with Gasteiger partial charge in [-0.15, -0.1) is 0 Å². The quantitative estimate of drug-likeness (QED) is 0.528. The van der Waals surface area contributed by atoms with E-state index in [0.29, 0.717) is 19.6 Å². The summed E-state index contributed by atoms with van der Waals surface area (Å²) in [6.07, 6.45) is 4.16. The van der Waals surface area contributed by atoms with Crippen LogP contribution in [0.4, 0.5) is 0 Å². The zero-order valence-electron chi connectivity index (χ0n) is 8.14. The average Bonchev–Trinajstić information content (AvgIpc) is 2.58. The van der Waals surface area contributed by atoms with Gasteiger partial charge in [-0.05, 0) is 0 Å². The Morgan fingerprint density at radius 1 is 1.64 bits per heavy atom. The third-order valence-electron chi connectivity index (χ3n) is 1.59. The van der Waals surface area contributed by atoms with Crippen LogP contribution in [-0.2, 0) is 11.8 Å². The third kappa shape index (κ3) is 3.81. The second-order valence-electron chi connectivity index (χ2n) is 2.69. The molecule has 0 spiro atoms. The maximum atomic E-state index is 8.26. The lowest BCUT2D eigenvalue weighted by Gasteiger charge is -2.01. The van der Waals surface area contributed by atoms with Crippen molar-refractivity contribution < 1.29 is 4.74 Å². The molecule has 0 fully saturated rings. The maximum absolute atomic E-state index is 8.26. The summed E-state index contributed by atoms with van der Waals surface area (Å²) in [4.78, 5) is 4.17. The lowest BCUT2D eigenvalue weighted by atomic mass is 10.5. The topological polar surface area (TPSA) is 50.8 Å². The lowest BCUT2D eigenvalue weighted by molar-refractivity contribution is 0.156. The molecular formula is C9H13N3OS. The van der Waals surface area contributed by atoms with Gasteiger partial charge in [0, 0.05) is 25.2 Å². The van der Waals surface area contributed by atoms with Crippen LogP contribution in [0, 0.1) is 11.3 Å². The molecule has 0 unspecified atom stereocenters. The third-order valence-corrected chi connectivity index (χ3v) is 2.62. The molecule has 0 aliphatic carbocycles. The second-order valence-corrected chi connectivity index (χ2v) is 3.75. The molecule has 14 heavy (non-hydrogen) atoms. The summed E-state index contributed by atoms with van der Waals surface area (Å²) in [7, 11) is 1.96. The van der Waals surface area contributed by atoms with E-state index in [1.54, 1.807) is 18.0 Å². The van der Waals surface area contributed by atoms with Crippen LogP contribution in [0.15, 0.2) is 17.6 Å². The van der Waals surface area contributed by atoms with Gasteiger partial charge in [0.2, 0.25) is 0 Å². The van der Waals surface area contributed by atoms with Crippen molar-refractivity contribution in [3.63, 3.8) is 0 Å². The van der Waals surface area contributed by atoms with Gasteiger partial charge in [0.05, 0.1) is 25.7 Å². The fourth-order valence-electron chi connectivity index (χ4n) is 0.903. The Morgan fingerprint density at radius 2 is 2.50 bits per heavy atom. The number of hydrogen-bond acceptors (Lipinski definition) is 4. The van der Waals surface area contributed by atoms with Crippen molar-refractivity contribution in [2.24, 2.45) is 7.05 Å². The highest BCUT2D eigenvalue weighted by Gasteiger charge is 1.98. The minimum absolute atomic E-state index is 0.465. The molecule has 1 aromatic rings. The maximum Gasteiger partial charge on any atom is 0.167 e. The van der Waals surface area contributed by atoms with Crippen LogP contribution in [0.1, 0.15) is 6.42 Å². The van der Waals surface area contributed by atoms with E-state index >= 15 is 0 Å². The van der Waals surface area contributed by atoms with Gasteiger partial charge in [0.15, 0.2) is 5.16 Å². The lowest BCUT2D eigenvalue weighted by Crippen LogP contribution is -1.99. The van der Waals surface area contributed by atoms with Gasteiger partial charge < -0.3 is 9.30 Å². The summed E-state index contributed by atoms with van der Waals surface area (Å²) in [6, 6.07) is 2.03. The molecule has 1 aromatic heterocycles. The van der Waals surface area contributed by atoms with Crippen LogP contribution in [0.5, 0.6) is 0 Å². The molecular weight excluding hydrogens is 198 g/mol. The number of ether oxygens (including phenoxy) is 1. The number of nitriles is 1. The van der Waals surface area contributed by atoms with Crippen LogP contribution in [0.25, 0.3) is 0 Å². The summed E-state index contributed by atoms with van der Waals surface area (Å²) in [6.45, 7) is 1.19. The van der Waals surface area contributed by atoms with Crippen molar-refractivity contribution in [3.05, 3.63) is 12.4 Å². The molecule has 5 heteroatoms. The van der Waals surface area contributed by atoms with E-state index in [1.165, 1.54) is 0 Å². The van der Waals surface area contributed by atoms with Gasteiger partial charge in [-0.3, -0.25) is 0 Å². The predicted octanol–water partition coefficient (Wildman–Crippen LogP) is 1.44. The van der Waals surface area contributed by atoms with E-state index in [1.807, 2.05) is 23.9 Å². The monoisotopic (exact) mass is 211 g/mol. The van der Waals surface area contributed by atoms with Gasteiger partial charge in [0.25, 0.3) is 0 Å². The first kappa shape index (κ1) is 11.1. The standard InChI is InChI=1S/C9H13N3OS/c1-12-5-4-11-9(12)14-8-7-13-6-2-3-10/h4-5H,2,6-8H2,1H3. The molecule has 0 saturated heterocycles. The van der Waals surface area contributed by atoms with E-state index < -0.39 is 0 Å². The normalized spacial score (nSPS) is 10.0. The molecule has 4 nitrogen and oxygen atoms in total. The molecule has 0 aromatic carbocycles. The zero-order valence-corrected chi connectivity index (χ0v) is 8.96. The molecule has 76 valence electrons.